The molecule has 1 saturated heterocycles. The van der Waals surface area contributed by atoms with Crippen LogP contribution in [0.25, 0.3) is 0 Å². The highest BCUT2D eigenvalue weighted by atomic mass is 16.5. The lowest BCUT2D eigenvalue weighted by molar-refractivity contribution is -0.237. The summed E-state index contributed by atoms with van der Waals surface area (Å²) in [5, 5.41) is 11.1. The number of fused-ring (bicyclic) bond motifs is 5. The van der Waals surface area contributed by atoms with Crippen LogP contribution in [0, 0.1) is 29.1 Å². The van der Waals surface area contributed by atoms with Crippen molar-refractivity contribution >= 4 is 0 Å². The van der Waals surface area contributed by atoms with E-state index in [9.17, 15) is 5.11 Å². The number of rotatable bonds is 1. The van der Waals surface area contributed by atoms with Gasteiger partial charge in [0.25, 0.3) is 0 Å². The van der Waals surface area contributed by atoms with Gasteiger partial charge in [0.1, 0.15) is 0 Å². The first-order valence-corrected chi connectivity index (χ1v) is 10.3. The van der Waals surface area contributed by atoms with Crippen LogP contribution in [0.2, 0.25) is 0 Å². The highest BCUT2D eigenvalue weighted by Gasteiger charge is 2.58. The minimum atomic E-state index is -0.279. The van der Waals surface area contributed by atoms with E-state index in [4.69, 9.17) is 9.47 Å². The third-order valence-corrected chi connectivity index (χ3v) is 7.84. The van der Waals surface area contributed by atoms with E-state index in [2.05, 4.69) is 41.5 Å². The highest BCUT2D eigenvalue weighted by molar-refractivity contribution is 5.29. The molecule has 3 fully saturated rings. The first-order valence-electron chi connectivity index (χ1n) is 10.3. The third kappa shape index (κ3) is 2.82. The van der Waals surface area contributed by atoms with E-state index < -0.39 is 0 Å². The van der Waals surface area contributed by atoms with Crippen LogP contribution in [0.1, 0.15) is 67.2 Å². The summed E-state index contributed by atoms with van der Waals surface area (Å²) in [5.74, 6) is 2.51. The molecule has 1 N–H and O–H groups in total. The van der Waals surface area contributed by atoms with Crippen molar-refractivity contribution in [2.24, 2.45) is 29.1 Å². The van der Waals surface area contributed by atoms with Crippen molar-refractivity contribution in [1.82, 2.24) is 0 Å². The van der Waals surface area contributed by atoms with Gasteiger partial charge in [-0.05, 0) is 75.7 Å². The van der Waals surface area contributed by atoms with Gasteiger partial charge in [-0.2, -0.15) is 0 Å². The molecule has 0 aromatic rings. The van der Waals surface area contributed by atoms with Gasteiger partial charge >= 0.3 is 0 Å². The summed E-state index contributed by atoms with van der Waals surface area (Å²) in [7, 11) is 0. The van der Waals surface area contributed by atoms with E-state index in [0.29, 0.717) is 29.8 Å². The number of hydrogen-bond acceptors (Lipinski definition) is 3. The fraction of sp³-hybridized carbons (Fsp3) is 0.909. The smallest absolute Gasteiger partial charge is 0.0803 e. The van der Waals surface area contributed by atoms with E-state index in [1.165, 1.54) is 12.8 Å². The average Bonchev–Trinajstić information content (AvgIpc) is 2.74. The molecule has 3 aliphatic carbocycles. The Hall–Kier alpha value is -0.380. The normalized spacial score (nSPS) is 49.8. The molecule has 142 valence electrons. The zero-order valence-corrected chi connectivity index (χ0v) is 16.8. The minimum Gasteiger partial charge on any atom is -0.392 e. The van der Waals surface area contributed by atoms with Crippen molar-refractivity contribution in [1.29, 1.82) is 0 Å². The van der Waals surface area contributed by atoms with E-state index in [0.717, 1.165) is 19.4 Å². The highest BCUT2D eigenvalue weighted by Crippen LogP contribution is 2.59. The zero-order chi connectivity index (χ0) is 18.1. The molecule has 4 rings (SSSR count). The monoisotopic (exact) mass is 348 g/mol. The summed E-state index contributed by atoms with van der Waals surface area (Å²) in [4.78, 5) is 0. The lowest BCUT2D eigenvalue weighted by Crippen LogP contribution is -2.61. The lowest BCUT2D eigenvalue weighted by Gasteiger charge is -2.59. The van der Waals surface area contributed by atoms with Gasteiger partial charge in [0, 0.05) is 12.3 Å². The maximum atomic E-state index is 11.1. The summed E-state index contributed by atoms with van der Waals surface area (Å²) >= 11 is 0. The molecule has 3 heteroatoms. The topological polar surface area (TPSA) is 38.7 Å². The SMILES string of the molecule is CC1=C2C(OC(C)(C)C)CC3(C)C(CC(C1)C2C)C1COC1C[C@@H]3O. The average molecular weight is 349 g/mol. The molecule has 0 aromatic heterocycles. The summed E-state index contributed by atoms with van der Waals surface area (Å²) in [6.07, 6.45) is 4.35. The maximum absolute atomic E-state index is 11.1. The quantitative estimate of drug-likeness (QED) is 0.717. The molecule has 2 bridgehead atoms. The van der Waals surface area contributed by atoms with Crippen LogP contribution in [-0.2, 0) is 9.47 Å². The number of hydrogen-bond donors (Lipinski definition) is 1. The van der Waals surface area contributed by atoms with Gasteiger partial charge in [-0.3, -0.25) is 0 Å². The Kier molecular flexibility index (Phi) is 4.18. The van der Waals surface area contributed by atoms with Crippen molar-refractivity contribution in [3.05, 3.63) is 11.1 Å². The van der Waals surface area contributed by atoms with Gasteiger partial charge in [0.05, 0.1) is 30.5 Å². The Bertz CT molecular complexity index is 574. The second-order valence-corrected chi connectivity index (χ2v) is 10.5. The molecule has 1 heterocycles. The molecular formula is C22H36O3. The second kappa shape index (κ2) is 5.81. The molecule has 4 aliphatic rings. The number of ether oxygens (including phenoxy) is 2. The zero-order valence-electron chi connectivity index (χ0n) is 16.8. The number of allylic oxidation sites excluding steroid dienone is 1. The third-order valence-electron chi connectivity index (χ3n) is 7.84. The predicted octanol–water partition coefficient (Wildman–Crippen LogP) is 4.34. The standard InChI is InChI=1S/C22H36O3/c1-12-7-14-8-16-15-11-24-17(15)9-19(23)22(16,6)10-18(20(12)13(14)2)25-21(3,4)5/h13-19,23H,7-11H2,1-6H3/t13?,14?,15?,16?,17?,18?,19-,22?/m0/s1. The fourth-order valence-corrected chi connectivity index (χ4v) is 6.47. The Labute approximate surface area is 153 Å². The van der Waals surface area contributed by atoms with Gasteiger partial charge in [0.15, 0.2) is 0 Å². The fourth-order valence-electron chi connectivity index (χ4n) is 6.47. The number of aliphatic hydroxyl groups is 1. The van der Waals surface area contributed by atoms with E-state index >= 15 is 0 Å². The van der Waals surface area contributed by atoms with E-state index in [1.54, 1.807) is 11.1 Å². The predicted molar refractivity (Wildman–Crippen MR) is 99.3 cm³/mol. The molecule has 3 nitrogen and oxygen atoms in total. The van der Waals surface area contributed by atoms with Crippen molar-refractivity contribution < 1.29 is 14.6 Å². The Balaban J connectivity index is 1.73. The minimum absolute atomic E-state index is 0.0604. The van der Waals surface area contributed by atoms with Crippen molar-refractivity contribution in [3.63, 3.8) is 0 Å². The molecular weight excluding hydrogens is 312 g/mol. The molecule has 0 radical (unpaired) electrons. The summed E-state index contributed by atoms with van der Waals surface area (Å²) in [6, 6.07) is 0. The van der Waals surface area contributed by atoms with Crippen LogP contribution in [-0.4, -0.2) is 35.6 Å². The largest absolute Gasteiger partial charge is 0.392 e. The first kappa shape index (κ1) is 18.0. The Morgan fingerprint density at radius 3 is 2.56 bits per heavy atom. The van der Waals surface area contributed by atoms with Gasteiger partial charge in [-0.1, -0.05) is 19.4 Å². The number of aliphatic hydroxyl groups excluding tert-OH is 1. The van der Waals surface area contributed by atoms with Crippen LogP contribution >= 0.6 is 0 Å². The molecule has 2 saturated carbocycles. The summed E-state index contributed by atoms with van der Waals surface area (Å²) in [5.41, 5.74) is 2.86. The van der Waals surface area contributed by atoms with Crippen molar-refractivity contribution in [2.45, 2.75) is 91.1 Å². The van der Waals surface area contributed by atoms with E-state index in [-0.39, 0.29) is 23.2 Å². The van der Waals surface area contributed by atoms with Crippen LogP contribution in [0.15, 0.2) is 11.1 Å². The van der Waals surface area contributed by atoms with Crippen LogP contribution in [0.5, 0.6) is 0 Å². The Morgan fingerprint density at radius 1 is 1.24 bits per heavy atom. The first-order chi connectivity index (χ1) is 11.6. The van der Waals surface area contributed by atoms with Crippen LogP contribution in [0.3, 0.4) is 0 Å². The van der Waals surface area contributed by atoms with E-state index in [1.807, 2.05) is 0 Å². The lowest BCUT2D eigenvalue weighted by atomic mass is 9.53. The van der Waals surface area contributed by atoms with Gasteiger partial charge < -0.3 is 14.6 Å². The molecule has 7 unspecified atom stereocenters. The summed E-state index contributed by atoms with van der Waals surface area (Å²) < 4.78 is 12.4. The molecule has 0 aromatic carbocycles. The van der Waals surface area contributed by atoms with Gasteiger partial charge in [0.2, 0.25) is 0 Å². The summed E-state index contributed by atoms with van der Waals surface area (Å²) in [6.45, 7) is 14.4. The second-order valence-electron chi connectivity index (χ2n) is 10.5. The molecule has 0 amide bonds. The van der Waals surface area contributed by atoms with Crippen molar-refractivity contribution in [2.75, 3.05) is 6.61 Å². The maximum Gasteiger partial charge on any atom is 0.0803 e. The Morgan fingerprint density at radius 2 is 1.96 bits per heavy atom. The van der Waals surface area contributed by atoms with Gasteiger partial charge in [-0.15, -0.1) is 0 Å². The van der Waals surface area contributed by atoms with Crippen LogP contribution in [0.4, 0.5) is 0 Å². The molecule has 1 aliphatic heterocycles. The van der Waals surface area contributed by atoms with Gasteiger partial charge in [-0.25, -0.2) is 0 Å². The molecule has 8 atom stereocenters. The van der Waals surface area contributed by atoms with Crippen LogP contribution < -0.4 is 0 Å². The molecule has 25 heavy (non-hydrogen) atoms. The van der Waals surface area contributed by atoms with Crippen molar-refractivity contribution in [3.8, 4) is 0 Å². The molecule has 0 spiro atoms.